The molecule has 0 spiro atoms. The van der Waals surface area contributed by atoms with Crippen molar-refractivity contribution in [3.63, 3.8) is 0 Å². The molecule has 1 aliphatic heterocycles. The van der Waals surface area contributed by atoms with Gasteiger partial charge in [-0.15, -0.1) is 11.3 Å². The van der Waals surface area contributed by atoms with Gasteiger partial charge in [-0.1, -0.05) is 43.7 Å². The van der Waals surface area contributed by atoms with Gasteiger partial charge in [0, 0.05) is 11.3 Å². The van der Waals surface area contributed by atoms with Crippen molar-refractivity contribution in [2.75, 3.05) is 13.1 Å². The van der Waals surface area contributed by atoms with E-state index in [9.17, 15) is 4.79 Å². The summed E-state index contributed by atoms with van der Waals surface area (Å²) in [6.07, 6.45) is 5.04. The van der Waals surface area contributed by atoms with E-state index in [1.54, 1.807) is 11.3 Å². The van der Waals surface area contributed by atoms with E-state index in [0.717, 1.165) is 37.9 Å². The van der Waals surface area contributed by atoms with Gasteiger partial charge in [0.1, 0.15) is 0 Å². The fourth-order valence-electron chi connectivity index (χ4n) is 3.47. The third-order valence-corrected chi connectivity index (χ3v) is 5.86. The predicted molar refractivity (Wildman–Crippen MR) is 105 cm³/mol. The highest BCUT2D eigenvalue weighted by molar-refractivity contribution is 7.10. The highest BCUT2D eigenvalue weighted by Crippen LogP contribution is 2.27. The second-order valence-corrected chi connectivity index (χ2v) is 7.88. The van der Waals surface area contributed by atoms with E-state index in [0.29, 0.717) is 12.3 Å². The Hall–Kier alpha value is -1.65. The molecule has 0 radical (unpaired) electrons. The Morgan fingerprint density at radius 1 is 1.32 bits per heavy atom. The molecule has 25 heavy (non-hydrogen) atoms. The van der Waals surface area contributed by atoms with Gasteiger partial charge in [0.05, 0.1) is 6.04 Å². The Labute approximate surface area is 154 Å². The summed E-state index contributed by atoms with van der Waals surface area (Å²) < 4.78 is 0. The van der Waals surface area contributed by atoms with Crippen LogP contribution in [0.1, 0.15) is 54.7 Å². The van der Waals surface area contributed by atoms with Gasteiger partial charge in [-0.3, -0.25) is 4.79 Å². The van der Waals surface area contributed by atoms with Crippen molar-refractivity contribution < 1.29 is 4.79 Å². The molecule has 3 rings (SSSR count). The van der Waals surface area contributed by atoms with Gasteiger partial charge in [-0.2, -0.15) is 0 Å². The van der Waals surface area contributed by atoms with Gasteiger partial charge in [-0.05, 0) is 60.8 Å². The number of carbonyl (C=O) groups is 1. The van der Waals surface area contributed by atoms with E-state index in [1.807, 2.05) is 0 Å². The quantitative estimate of drug-likeness (QED) is 0.740. The van der Waals surface area contributed by atoms with Crippen LogP contribution in [0.4, 0.5) is 0 Å². The number of benzene rings is 1. The molecule has 3 nitrogen and oxygen atoms in total. The molecule has 0 aliphatic carbocycles. The van der Waals surface area contributed by atoms with Gasteiger partial charge >= 0.3 is 0 Å². The van der Waals surface area contributed by atoms with Crippen molar-refractivity contribution in [1.82, 2.24) is 10.6 Å². The number of nitrogens with one attached hydrogen (secondary N) is 2. The van der Waals surface area contributed by atoms with Crippen LogP contribution < -0.4 is 10.6 Å². The first kappa shape index (κ1) is 18.2. The molecular weight excluding hydrogens is 328 g/mol. The zero-order valence-corrected chi connectivity index (χ0v) is 15.8. The number of amides is 1. The van der Waals surface area contributed by atoms with E-state index in [2.05, 4.69) is 59.3 Å². The maximum atomic E-state index is 12.5. The van der Waals surface area contributed by atoms with Gasteiger partial charge in [0.25, 0.3) is 0 Å². The minimum atomic E-state index is -0.0371. The van der Waals surface area contributed by atoms with Gasteiger partial charge in [-0.25, -0.2) is 0 Å². The molecule has 2 heterocycles. The number of thiophene rings is 1. The van der Waals surface area contributed by atoms with Gasteiger partial charge in [0.15, 0.2) is 0 Å². The summed E-state index contributed by atoms with van der Waals surface area (Å²) >= 11 is 1.70. The van der Waals surface area contributed by atoms with Crippen LogP contribution >= 0.6 is 11.3 Å². The van der Waals surface area contributed by atoms with Crippen molar-refractivity contribution in [2.45, 2.75) is 45.1 Å². The zero-order chi connectivity index (χ0) is 17.5. The molecule has 2 N–H and O–H groups in total. The molecule has 2 aromatic rings. The lowest BCUT2D eigenvalue weighted by Gasteiger charge is -2.19. The molecule has 4 heteroatoms. The summed E-state index contributed by atoms with van der Waals surface area (Å²) in [5.74, 6) is 0.808. The summed E-state index contributed by atoms with van der Waals surface area (Å²) in [5, 5.41) is 8.71. The highest BCUT2D eigenvalue weighted by Gasteiger charge is 2.20. The SMILES string of the molecule is CCCc1ccc(C(NC(=O)CCC2CCNC2)c2cccs2)cc1. The van der Waals surface area contributed by atoms with Crippen LogP contribution in [0.3, 0.4) is 0 Å². The third kappa shape index (κ3) is 5.16. The average Bonchev–Trinajstić information content (AvgIpc) is 3.33. The molecule has 1 saturated heterocycles. The molecule has 2 unspecified atom stereocenters. The summed E-state index contributed by atoms with van der Waals surface area (Å²) in [5.41, 5.74) is 2.52. The highest BCUT2D eigenvalue weighted by atomic mass is 32.1. The standard InChI is InChI=1S/C21H28N2OS/c1-2-4-16-6-9-18(10-7-16)21(19-5-3-14-25-19)23-20(24)11-8-17-12-13-22-15-17/h3,5-7,9-10,14,17,21-22H,2,4,8,11-13,15H2,1H3,(H,23,24). The van der Waals surface area contributed by atoms with Gasteiger partial charge in [0.2, 0.25) is 5.91 Å². The largest absolute Gasteiger partial charge is 0.344 e. The molecular formula is C21H28N2OS. The molecule has 1 aliphatic rings. The molecule has 1 aromatic heterocycles. The first-order chi connectivity index (χ1) is 12.3. The van der Waals surface area contributed by atoms with Crippen LogP contribution in [0.5, 0.6) is 0 Å². The Kier molecular flexibility index (Phi) is 6.65. The van der Waals surface area contributed by atoms with E-state index in [-0.39, 0.29) is 11.9 Å². The van der Waals surface area contributed by atoms with Crippen LogP contribution in [0.15, 0.2) is 41.8 Å². The van der Waals surface area contributed by atoms with Crippen LogP contribution in [0.2, 0.25) is 0 Å². The molecule has 1 aromatic carbocycles. The van der Waals surface area contributed by atoms with E-state index in [4.69, 9.17) is 0 Å². The van der Waals surface area contributed by atoms with Crippen LogP contribution in [0, 0.1) is 5.92 Å². The minimum Gasteiger partial charge on any atom is -0.344 e. The maximum Gasteiger partial charge on any atom is 0.220 e. The Morgan fingerprint density at radius 2 is 2.16 bits per heavy atom. The molecule has 2 atom stereocenters. The van der Waals surface area contributed by atoms with Crippen LogP contribution in [-0.2, 0) is 11.2 Å². The second-order valence-electron chi connectivity index (χ2n) is 6.91. The maximum absolute atomic E-state index is 12.5. The molecule has 134 valence electrons. The summed E-state index contributed by atoms with van der Waals surface area (Å²) in [6, 6.07) is 12.8. The lowest BCUT2D eigenvalue weighted by atomic mass is 10.00. The number of rotatable bonds is 8. The van der Waals surface area contributed by atoms with E-state index < -0.39 is 0 Å². The number of hydrogen-bond donors (Lipinski definition) is 2. The third-order valence-electron chi connectivity index (χ3n) is 4.93. The number of carbonyl (C=O) groups excluding carboxylic acids is 1. The Bertz CT molecular complexity index is 645. The first-order valence-corrected chi connectivity index (χ1v) is 10.3. The van der Waals surface area contributed by atoms with Crippen molar-refractivity contribution >= 4 is 17.2 Å². The molecule has 1 fully saturated rings. The van der Waals surface area contributed by atoms with Gasteiger partial charge < -0.3 is 10.6 Å². The molecule has 0 bridgehead atoms. The lowest BCUT2D eigenvalue weighted by Crippen LogP contribution is -2.29. The average molecular weight is 357 g/mol. The smallest absolute Gasteiger partial charge is 0.220 e. The molecule has 1 amide bonds. The fraction of sp³-hybridized carbons (Fsp3) is 0.476. The van der Waals surface area contributed by atoms with E-state index in [1.165, 1.54) is 16.9 Å². The number of aryl methyl sites for hydroxylation is 1. The first-order valence-electron chi connectivity index (χ1n) is 9.38. The summed E-state index contributed by atoms with van der Waals surface area (Å²) in [4.78, 5) is 13.7. The summed E-state index contributed by atoms with van der Waals surface area (Å²) in [7, 11) is 0. The summed E-state index contributed by atoms with van der Waals surface area (Å²) in [6.45, 7) is 4.34. The zero-order valence-electron chi connectivity index (χ0n) is 15.0. The number of hydrogen-bond acceptors (Lipinski definition) is 3. The van der Waals surface area contributed by atoms with Crippen molar-refractivity contribution in [3.05, 3.63) is 57.8 Å². The predicted octanol–water partition coefficient (Wildman–Crippen LogP) is 4.30. The van der Waals surface area contributed by atoms with Crippen molar-refractivity contribution in [2.24, 2.45) is 5.92 Å². The monoisotopic (exact) mass is 356 g/mol. The van der Waals surface area contributed by atoms with Crippen molar-refractivity contribution in [3.8, 4) is 0 Å². The Balaban J connectivity index is 1.66. The van der Waals surface area contributed by atoms with Crippen LogP contribution in [0.25, 0.3) is 0 Å². The topological polar surface area (TPSA) is 41.1 Å². The van der Waals surface area contributed by atoms with Crippen LogP contribution in [-0.4, -0.2) is 19.0 Å². The fourth-order valence-corrected chi connectivity index (χ4v) is 4.27. The minimum absolute atomic E-state index is 0.0371. The van der Waals surface area contributed by atoms with E-state index >= 15 is 0 Å². The van der Waals surface area contributed by atoms with Crippen molar-refractivity contribution in [1.29, 1.82) is 0 Å². The Morgan fingerprint density at radius 3 is 2.80 bits per heavy atom. The lowest BCUT2D eigenvalue weighted by molar-refractivity contribution is -0.121. The normalized spacial score (nSPS) is 18.2. The molecule has 0 saturated carbocycles. The second kappa shape index (κ2) is 9.16.